The molecule has 0 spiro atoms. The Bertz CT molecular complexity index is 624. The number of para-hydroxylation sites is 1. The predicted molar refractivity (Wildman–Crippen MR) is 83.9 cm³/mol. The van der Waals surface area contributed by atoms with Gasteiger partial charge in [0.25, 0.3) is 0 Å². The van der Waals surface area contributed by atoms with Gasteiger partial charge >= 0.3 is 0 Å². The Kier molecular flexibility index (Phi) is 4.11. The molecule has 0 fully saturated rings. The molecule has 2 aromatic carbocycles. The number of methoxy groups -OCH3 is 1. The maximum atomic E-state index is 6.23. The molecule has 3 heteroatoms. The van der Waals surface area contributed by atoms with E-state index in [1.54, 1.807) is 7.11 Å². The Morgan fingerprint density at radius 3 is 2.76 bits per heavy atom. The van der Waals surface area contributed by atoms with Crippen molar-refractivity contribution in [3.8, 4) is 11.5 Å². The van der Waals surface area contributed by atoms with Crippen molar-refractivity contribution in [3.63, 3.8) is 0 Å². The Labute approximate surface area is 125 Å². The van der Waals surface area contributed by atoms with Crippen LogP contribution in [-0.2, 0) is 12.8 Å². The lowest BCUT2D eigenvalue weighted by molar-refractivity contribution is 0.286. The summed E-state index contributed by atoms with van der Waals surface area (Å²) in [6.45, 7) is 0.444. The summed E-state index contributed by atoms with van der Waals surface area (Å²) < 4.78 is 11.2. The monoisotopic (exact) mass is 283 g/mol. The van der Waals surface area contributed by atoms with Crippen molar-refractivity contribution >= 4 is 0 Å². The van der Waals surface area contributed by atoms with Crippen LogP contribution >= 0.6 is 0 Å². The van der Waals surface area contributed by atoms with Gasteiger partial charge in [-0.2, -0.15) is 0 Å². The summed E-state index contributed by atoms with van der Waals surface area (Å²) in [4.78, 5) is 0. The Morgan fingerprint density at radius 2 is 1.90 bits per heavy atom. The highest BCUT2D eigenvalue weighted by atomic mass is 16.5. The molecular formula is C18H21NO2. The molecule has 0 aliphatic heterocycles. The molecule has 0 radical (unpaired) electrons. The fourth-order valence-electron chi connectivity index (χ4n) is 2.89. The van der Waals surface area contributed by atoms with Crippen LogP contribution in [0.25, 0.3) is 0 Å². The molecule has 3 nitrogen and oxygen atoms in total. The summed E-state index contributed by atoms with van der Waals surface area (Å²) in [7, 11) is 1.66. The number of hydrogen-bond donors (Lipinski definition) is 1. The van der Waals surface area contributed by atoms with E-state index in [1.807, 2.05) is 30.3 Å². The van der Waals surface area contributed by atoms with E-state index < -0.39 is 0 Å². The average molecular weight is 283 g/mol. The van der Waals surface area contributed by atoms with Crippen LogP contribution < -0.4 is 15.2 Å². The van der Waals surface area contributed by atoms with Gasteiger partial charge in [-0.05, 0) is 48.6 Å². The predicted octanol–water partition coefficient (Wildman–Crippen LogP) is 3.26. The maximum Gasteiger partial charge on any atom is 0.123 e. The summed E-state index contributed by atoms with van der Waals surface area (Å²) in [6.07, 6.45) is 3.60. The molecular weight excluding hydrogens is 262 g/mol. The second-order valence-corrected chi connectivity index (χ2v) is 5.44. The maximum absolute atomic E-state index is 6.23. The van der Waals surface area contributed by atoms with E-state index >= 15 is 0 Å². The van der Waals surface area contributed by atoms with Gasteiger partial charge < -0.3 is 15.2 Å². The molecule has 1 atom stereocenters. The van der Waals surface area contributed by atoms with Crippen LogP contribution in [-0.4, -0.2) is 13.7 Å². The normalized spacial score (nSPS) is 14.6. The van der Waals surface area contributed by atoms with Gasteiger partial charge in [-0.3, -0.25) is 0 Å². The van der Waals surface area contributed by atoms with Gasteiger partial charge in [0.15, 0.2) is 0 Å². The number of benzene rings is 2. The number of hydrogen-bond acceptors (Lipinski definition) is 3. The van der Waals surface area contributed by atoms with E-state index in [-0.39, 0.29) is 6.04 Å². The van der Waals surface area contributed by atoms with Gasteiger partial charge in [0.05, 0.1) is 13.2 Å². The number of nitrogens with two attached hydrogens (primary N) is 1. The largest absolute Gasteiger partial charge is 0.496 e. The first-order valence-electron chi connectivity index (χ1n) is 7.41. The third-order valence-electron chi connectivity index (χ3n) is 4.04. The van der Waals surface area contributed by atoms with Crippen LogP contribution in [0.15, 0.2) is 42.5 Å². The lowest BCUT2D eigenvalue weighted by Gasteiger charge is -2.16. The zero-order valence-corrected chi connectivity index (χ0v) is 12.3. The van der Waals surface area contributed by atoms with Gasteiger partial charge in [0, 0.05) is 5.56 Å². The van der Waals surface area contributed by atoms with Gasteiger partial charge in [0.1, 0.15) is 18.1 Å². The topological polar surface area (TPSA) is 44.5 Å². The first kappa shape index (κ1) is 14.0. The first-order valence-corrected chi connectivity index (χ1v) is 7.41. The summed E-state index contributed by atoms with van der Waals surface area (Å²) >= 11 is 0. The lowest BCUT2D eigenvalue weighted by atomic mass is 10.1. The van der Waals surface area contributed by atoms with Crippen LogP contribution in [0.3, 0.4) is 0 Å². The highest BCUT2D eigenvalue weighted by Gasteiger charge is 2.14. The molecule has 0 saturated heterocycles. The Balaban J connectivity index is 1.67. The highest BCUT2D eigenvalue weighted by Crippen LogP contribution is 2.27. The molecule has 0 aromatic heterocycles. The van der Waals surface area contributed by atoms with Crippen molar-refractivity contribution < 1.29 is 9.47 Å². The summed E-state index contributed by atoms with van der Waals surface area (Å²) in [5, 5.41) is 0. The van der Waals surface area contributed by atoms with Crippen LogP contribution in [0, 0.1) is 0 Å². The first-order chi connectivity index (χ1) is 10.3. The minimum Gasteiger partial charge on any atom is -0.496 e. The fourth-order valence-corrected chi connectivity index (χ4v) is 2.89. The zero-order chi connectivity index (χ0) is 14.7. The number of fused-ring (bicyclic) bond motifs is 1. The van der Waals surface area contributed by atoms with E-state index in [0.717, 1.165) is 23.5 Å². The summed E-state index contributed by atoms with van der Waals surface area (Å²) in [5.74, 6) is 1.71. The molecule has 0 heterocycles. The Hall–Kier alpha value is -2.00. The third kappa shape index (κ3) is 3.03. The zero-order valence-electron chi connectivity index (χ0n) is 12.3. The van der Waals surface area contributed by atoms with Crippen molar-refractivity contribution in [2.24, 2.45) is 5.73 Å². The third-order valence-corrected chi connectivity index (χ3v) is 4.04. The van der Waals surface area contributed by atoms with Gasteiger partial charge in [-0.25, -0.2) is 0 Å². The quantitative estimate of drug-likeness (QED) is 0.916. The van der Waals surface area contributed by atoms with Gasteiger partial charge in [-0.15, -0.1) is 0 Å². The minimum atomic E-state index is -0.200. The summed E-state index contributed by atoms with van der Waals surface area (Å²) in [5.41, 5.74) is 10.1. The number of ether oxygens (including phenoxy) is 2. The van der Waals surface area contributed by atoms with E-state index in [0.29, 0.717) is 6.61 Å². The molecule has 0 bridgehead atoms. The van der Waals surface area contributed by atoms with Crippen LogP contribution in [0.5, 0.6) is 11.5 Å². The lowest BCUT2D eigenvalue weighted by Crippen LogP contribution is -2.19. The van der Waals surface area contributed by atoms with E-state index in [2.05, 4.69) is 12.1 Å². The van der Waals surface area contributed by atoms with Crippen molar-refractivity contribution in [2.45, 2.75) is 25.3 Å². The minimum absolute atomic E-state index is 0.200. The van der Waals surface area contributed by atoms with Crippen LogP contribution in [0.2, 0.25) is 0 Å². The second kappa shape index (κ2) is 6.19. The average Bonchev–Trinajstić information content (AvgIpc) is 3.00. The molecule has 0 amide bonds. The number of rotatable bonds is 5. The molecule has 21 heavy (non-hydrogen) atoms. The molecule has 1 unspecified atom stereocenters. The van der Waals surface area contributed by atoms with Crippen molar-refractivity contribution in [1.82, 2.24) is 0 Å². The summed E-state index contributed by atoms with van der Waals surface area (Å²) in [6, 6.07) is 14.0. The van der Waals surface area contributed by atoms with Crippen molar-refractivity contribution in [2.75, 3.05) is 13.7 Å². The van der Waals surface area contributed by atoms with Gasteiger partial charge in [0.2, 0.25) is 0 Å². The van der Waals surface area contributed by atoms with Crippen LogP contribution in [0.1, 0.15) is 29.2 Å². The SMILES string of the molecule is COc1ccccc1C(N)COc1ccc2c(c1)CCC2. The van der Waals surface area contributed by atoms with Crippen molar-refractivity contribution in [1.29, 1.82) is 0 Å². The Morgan fingerprint density at radius 1 is 1.10 bits per heavy atom. The molecule has 0 saturated carbocycles. The van der Waals surface area contributed by atoms with Gasteiger partial charge in [-0.1, -0.05) is 24.3 Å². The smallest absolute Gasteiger partial charge is 0.123 e. The molecule has 110 valence electrons. The molecule has 2 N–H and O–H groups in total. The van der Waals surface area contributed by atoms with E-state index in [4.69, 9.17) is 15.2 Å². The second-order valence-electron chi connectivity index (χ2n) is 5.44. The molecule has 3 rings (SSSR count). The van der Waals surface area contributed by atoms with E-state index in [1.165, 1.54) is 24.0 Å². The van der Waals surface area contributed by atoms with Crippen molar-refractivity contribution in [3.05, 3.63) is 59.2 Å². The number of aryl methyl sites for hydroxylation is 2. The molecule has 1 aliphatic carbocycles. The highest BCUT2D eigenvalue weighted by molar-refractivity contribution is 5.39. The fraction of sp³-hybridized carbons (Fsp3) is 0.333. The van der Waals surface area contributed by atoms with E-state index in [9.17, 15) is 0 Å². The molecule has 2 aromatic rings. The molecule has 1 aliphatic rings. The standard InChI is InChI=1S/C18H21NO2/c1-20-18-8-3-2-7-16(18)17(19)12-21-15-10-9-13-5-4-6-14(13)11-15/h2-3,7-11,17H,4-6,12,19H2,1H3. The van der Waals surface area contributed by atoms with Crippen LogP contribution in [0.4, 0.5) is 0 Å².